The molecular weight excluding hydrogens is 258 g/mol. The maximum absolute atomic E-state index is 5.49. The molecular formula is C13H11N5O2. The standard InChI is InChI=1S/C13H11N5O2/c1-19-10-5-3-9(4-6-10)11-17-18-13(20-11)16-12-14-7-2-8-15-12/h2-8H,1H3,(H,14,15,16,18). The van der Waals surface area contributed by atoms with Gasteiger partial charge in [0.25, 0.3) is 0 Å². The van der Waals surface area contributed by atoms with Crippen molar-refractivity contribution in [2.75, 3.05) is 12.4 Å². The second kappa shape index (κ2) is 5.35. The maximum atomic E-state index is 5.49. The van der Waals surface area contributed by atoms with Gasteiger partial charge in [0.15, 0.2) is 0 Å². The normalized spacial score (nSPS) is 10.2. The van der Waals surface area contributed by atoms with Crippen molar-refractivity contribution >= 4 is 12.0 Å². The molecule has 7 nitrogen and oxygen atoms in total. The number of rotatable bonds is 4. The van der Waals surface area contributed by atoms with Crippen molar-refractivity contribution in [2.45, 2.75) is 0 Å². The van der Waals surface area contributed by atoms with Crippen molar-refractivity contribution in [1.29, 1.82) is 0 Å². The third kappa shape index (κ3) is 2.56. The monoisotopic (exact) mass is 269 g/mol. The quantitative estimate of drug-likeness (QED) is 0.777. The van der Waals surface area contributed by atoms with Crippen LogP contribution in [-0.4, -0.2) is 27.3 Å². The molecule has 0 saturated heterocycles. The summed E-state index contributed by atoms with van der Waals surface area (Å²) in [5.74, 6) is 1.58. The minimum Gasteiger partial charge on any atom is -0.497 e. The SMILES string of the molecule is COc1ccc(-c2nnc(Nc3ncccn3)o2)cc1. The van der Waals surface area contributed by atoms with E-state index in [0.29, 0.717) is 11.8 Å². The first-order valence-corrected chi connectivity index (χ1v) is 5.87. The molecule has 0 aliphatic rings. The highest BCUT2D eigenvalue weighted by atomic mass is 16.5. The maximum Gasteiger partial charge on any atom is 0.322 e. The van der Waals surface area contributed by atoms with Gasteiger partial charge in [0, 0.05) is 18.0 Å². The summed E-state index contributed by atoms with van der Waals surface area (Å²) < 4.78 is 10.6. The van der Waals surface area contributed by atoms with Crippen LogP contribution in [0.1, 0.15) is 0 Å². The van der Waals surface area contributed by atoms with Crippen LogP contribution in [0.3, 0.4) is 0 Å². The lowest BCUT2D eigenvalue weighted by Gasteiger charge is -1.99. The van der Waals surface area contributed by atoms with E-state index in [1.54, 1.807) is 25.6 Å². The molecule has 20 heavy (non-hydrogen) atoms. The van der Waals surface area contributed by atoms with Gasteiger partial charge < -0.3 is 9.15 Å². The van der Waals surface area contributed by atoms with Crippen LogP contribution in [0, 0.1) is 0 Å². The summed E-state index contributed by atoms with van der Waals surface area (Å²) in [6, 6.07) is 9.30. The lowest BCUT2D eigenvalue weighted by Crippen LogP contribution is -1.95. The average Bonchev–Trinajstić information content (AvgIpc) is 2.97. The Morgan fingerprint density at radius 2 is 1.80 bits per heavy atom. The van der Waals surface area contributed by atoms with Crippen LogP contribution >= 0.6 is 0 Å². The molecule has 0 unspecified atom stereocenters. The van der Waals surface area contributed by atoms with Gasteiger partial charge in [0.1, 0.15) is 5.75 Å². The predicted octanol–water partition coefficient (Wildman–Crippen LogP) is 2.28. The molecule has 0 aliphatic carbocycles. The van der Waals surface area contributed by atoms with Gasteiger partial charge in [-0.3, -0.25) is 5.32 Å². The van der Waals surface area contributed by atoms with Crippen LogP contribution in [0.15, 0.2) is 47.1 Å². The number of benzene rings is 1. The van der Waals surface area contributed by atoms with Gasteiger partial charge >= 0.3 is 6.01 Å². The van der Waals surface area contributed by atoms with Crippen LogP contribution in [0.5, 0.6) is 5.75 Å². The molecule has 0 bridgehead atoms. The van der Waals surface area contributed by atoms with E-state index in [2.05, 4.69) is 25.5 Å². The Kier molecular flexibility index (Phi) is 3.24. The van der Waals surface area contributed by atoms with Crippen LogP contribution in [0.2, 0.25) is 0 Å². The van der Waals surface area contributed by atoms with Gasteiger partial charge in [-0.1, -0.05) is 5.10 Å². The Labute approximate surface area is 114 Å². The van der Waals surface area contributed by atoms with E-state index in [1.165, 1.54) is 0 Å². The van der Waals surface area contributed by atoms with Gasteiger partial charge in [-0.2, -0.15) is 0 Å². The van der Waals surface area contributed by atoms with E-state index in [1.807, 2.05) is 24.3 Å². The number of ether oxygens (including phenoxy) is 1. The first kappa shape index (κ1) is 12.1. The molecule has 2 aromatic heterocycles. The lowest BCUT2D eigenvalue weighted by atomic mass is 10.2. The highest BCUT2D eigenvalue weighted by Gasteiger charge is 2.09. The Balaban J connectivity index is 1.79. The summed E-state index contributed by atoms with van der Waals surface area (Å²) >= 11 is 0. The zero-order valence-electron chi connectivity index (χ0n) is 10.6. The first-order valence-electron chi connectivity index (χ1n) is 5.87. The van der Waals surface area contributed by atoms with E-state index in [9.17, 15) is 0 Å². The third-order valence-corrected chi connectivity index (χ3v) is 2.55. The third-order valence-electron chi connectivity index (χ3n) is 2.55. The minimum absolute atomic E-state index is 0.238. The number of hydrogen-bond donors (Lipinski definition) is 1. The van der Waals surface area contributed by atoms with Crippen LogP contribution in [-0.2, 0) is 0 Å². The molecule has 1 N–H and O–H groups in total. The van der Waals surface area contributed by atoms with Gasteiger partial charge in [-0.15, -0.1) is 5.10 Å². The molecule has 0 fully saturated rings. The second-order valence-corrected chi connectivity index (χ2v) is 3.84. The highest BCUT2D eigenvalue weighted by molar-refractivity contribution is 5.55. The van der Waals surface area contributed by atoms with Crippen molar-refractivity contribution in [2.24, 2.45) is 0 Å². The predicted molar refractivity (Wildman–Crippen MR) is 71.6 cm³/mol. The Hall–Kier alpha value is -2.96. The lowest BCUT2D eigenvalue weighted by molar-refractivity contribution is 0.415. The molecule has 0 atom stereocenters. The molecule has 100 valence electrons. The van der Waals surface area contributed by atoms with Crippen LogP contribution in [0.4, 0.5) is 12.0 Å². The van der Waals surface area contributed by atoms with E-state index in [0.717, 1.165) is 11.3 Å². The van der Waals surface area contributed by atoms with E-state index < -0.39 is 0 Å². The Morgan fingerprint density at radius 3 is 2.50 bits per heavy atom. The summed E-state index contributed by atoms with van der Waals surface area (Å²) in [5, 5.41) is 10.7. The van der Waals surface area contributed by atoms with Crippen molar-refractivity contribution in [3.8, 4) is 17.2 Å². The molecule has 0 saturated carbocycles. The summed E-state index contributed by atoms with van der Waals surface area (Å²) in [6.45, 7) is 0. The number of methoxy groups -OCH3 is 1. The van der Waals surface area contributed by atoms with Crippen LogP contribution < -0.4 is 10.1 Å². The van der Waals surface area contributed by atoms with Crippen LogP contribution in [0.25, 0.3) is 11.5 Å². The molecule has 3 rings (SSSR count). The average molecular weight is 269 g/mol. The van der Waals surface area contributed by atoms with E-state index in [-0.39, 0.29) is 6.01 Å². The largest absolute Gasteiger partial charge is 0.497 e. The zero-order chi connectivity index (χ0) is 13.8. The molecule has 2 heterocycles. The Bertz CT molecular complexity index is 681. The fourth-order valence-electron chi connectivity index (χ4n) is 1.58. The summed E-state index contributed by atoms with van der Waals surface area (Å²) in [4.78, 5) is 8.02. The summed E-state index contributed by atoms with van der Waals surface area (Å²) in [7, 11) is 1.61. The summed E-state index contributed by atoms with van der Waals surface area (Å²) in [5.41, 5.74) is 0.806. The number of hydrogen-bond acceptors (Lipinski definition) is 7. The van der Waals surface area contributed by atoms with Gasteiger partial charge in [-0.05, 0) is 30.3 Å². The minimum atomic E-state index is 0.238. The fourth-order valence-corrected chi connectivity index (χ4v) is 1.58. The second-order valence-electron chi connectivity index (χ2n) is 3.84. The molecule has 3 aromatic rings. The van der Waals surface area contributed by atoms with Gasteiger partial charge in [-0.25, -0.2) is 9.97 Å². The zero-order valence-corrected chi connectivity index (χ0v) is 10.6. The smallest absolute Gasteiger partial charge is 0.322 e. The molecule has 0 amide bonds. The summed E-state index contributed by atoms with van der Waals surface area (Å²) in [6.07, 6.45) is 3.24. The molecule has 7 heteroatoms. The number of aromatic nitrogens is 4. The van der Waals surface area contributed by atoms with Gasteiger partial charge in [0.2, 0.25) is 11.8 Å². The molecule has 0 spiro atoms. The van der Waals surface area contributed by atoms with Crippen molar-refractivity contribution in [3.63, 3.8) is 0 Å². The van der Waals surface area contributed by atoms with Gasteiger partial charge in [0.05, 0.1) is 7.11 Å². The number of anilines is 2. The number of nitrogens with zero attached hydrogens (tertiary/aromatic N) is 4. The van der Waals surface area contributed by atoms with Crippen molar-refractivity contribution in [1.82, 2.24) is 20.2 Å². The topological polar surface area (TPSA) is 86.0 Å². The highest BCUT2D eigenvalue weighted by Crippen LogP contribution is 2.23. The molecule has 0 aliphatic heterocycles. The molecule has 0 radical (unpaired) electrons. The first-order chi connectivity index (χ1) is 9.85. The fraction of sp³-hybridized carbons (Fsp3) is 0.0769. The Morgan fingerprint density at radius 1 is 1.05 bits per heavy atom. The van der Waals surface area contributed by atoms with Crippen molar-refractivity contribution in [3.05, 3.63) is 42.7 Å². The molecule has 1 aromatic carbocycles. The van der Waals surface area contributed by atoms with E-state index in [4.69, 9.17) is 9.15 Å². The van der Waals surface area contributed by atoms with E-state index >= 15 is 0 Å². The van der Waals surface area contributed by atoms with Crippen molar-refractivity contribution < 1.29 is 9.15 Å². The number of nitrogens with one attached hydrogen (secondary N) is 1.